The molecule has 7 nitrogen and oxygen atoms in total. The highest BCUT2D eigenvalue weighted by Crippen LogP contribution is 2.23. The number of amides is 2. The van der Waals surface area contributed by atoms with Crippen molar-refractivity contribution in [2.75, 3.05) is 26.2 Å². The van der Waals surface area contributed by atoms with Crippen LogP contribution in [-0.4, -0.2) is 52.4 Å². The summed E-state index contributed by atoms with van der Waals surface area (Å²) >= 11 is 11.8. The summed E-state index contributed by atoms with van der Waals surface area (Å²) in [6, 6.07) is 4.42. The standard InChI is InChI=1S/C17H19Cl2N5O2/c1-23-6-5-21-16(23)14-9-20-4-7-24(14)15(25)10-22-17(26)11-2-3-12(18)13(19)8-11/h2-3,5-6,8,14,20H,4,7,9-10H2,1H3,(H,22,26). The SMILES string of the molecule is Cn1ccnc1C1CNCCN1C(=O)CNC(=O)c1ccc(Cl)c(Cl)c1. The summed E-state index contributed by atoms with van der Waals surface area (Å²) < 4.78 is 1.90. The van der Waals surface area contributed by atoms with Gasteiger partial charge in [0, 0.05) is 44.6 Å². The second-order valence-electron chi connectivity index (χ2n) is 6.01. The van der Waals surface area contributed by atoms with Crippen LogP contribution < -0.4 is 10.6 Å². The minimum absolute atomic E-state index is 0.0972. The zero-order valence-corrected chi connectivity index (χ0v) is 15.7. The van der Waals surface area contributed by atoms with Crippen LogP contribution in [0.15, 0.2) is 30.6 Å². The van der Waals surface area contributed by atoms with Crippen LogP contribution in [0.4, 0.5) is 0 Å². The minimum atomic E-state index is -0.374. The highest BCUT2D eigenvalue weighted by atomic mass is 35.5. The van der Waals surface area contributed by atoms with Gasteiger partial charge < -0.3 is 20.1 Å². The molecule has 0 aliphatic carbocycles. The Morgan fingerprint density at radius 2 is 2.15 bits per heavy atom. The Labute approximate surface area is 161 Å². The third-order valence-corrected chi connectivity index (χ3v) is 5.04. The number of nitrogens with zero attached hydrogens (tertiary/aromatic N) is 3. The first kappa shape index (κ1) is 18.7. The first-order chi connectivity index (χ1) is 12.5. The summed E-state index contributed by atoms with van der Waals surface area (Å²) in [7, 11) is 1.89. The molecule has 0 saturated carbocycles. The average Bonchev–Trinajstić information content (AvgIpc) is 3.07. The predicted molar refractivity (Wildman–Crippen MR) is 99.3 cm³/mol. The predicted octanol–water partition coefficient (Wildman–Crippen LogP) is 1.63. The minimum Gasteiger partial charge on any atom is -0.343 e. The number of imidazole rings is 1. The van der Waals surface area contributed by atoms with Gasteiger partial charge in [0.1, 0.15) is 11.9 Å². The number of nitrogens with one attached hydrogen (secondary N) is 2. The zero-order valence-electron chi connectivity index (χ0n) is 14.2. The Balaban J connectivity index is 1.65. The van der Waals surface area contributed by atoms with Gasteiger partial charge >= 0.3 is 0 Å². The van der Waals surface area contributed by atoms with E-state index in [1.165, 1.54) is 6.07 Å². The second kappa shape index (κ2) is 8.07. The molecular weight excluding hydrogens is 377 g/mol. The number of aromatic nitrogens is 2. The number of piperazine rings is 1. The zero-order chi connectivity index (χ0) is 18.7. The summed E-state index contributed by atoms with van der Waals surface area (Å²) in [5.41, 5.74) is 0.355. The summed E-state index contributed by atoms with van der Waals surface area (Å²) in [5.74, 6) is 0.273. The lowest BCUT2D eigenvalue weighted by Gasteiger charge is -2.35. The topological polar surface area (TPSA) is 79.3 Å². The summed E-state index contributed by atoms with van der Waals surface area (Å²) in [4.78, 5) is 31.0. The van der Waals surface area contributed by atoms with Crippen LogP contribution in [0, 0.1) is 0 Å². The van der Waals surface area contributed by atoms with Crippen molar-refractivity contribution in [2.24, 2.45) is 7.05 Å². The molecule has 1 aliphatic rings. The fourth-order valence-electron chi connectivity index (χ4n) is 2.93. The summed E-state index contributed by atoms with van der Waals surface area (Å²) in [6.45, 7) is 1.78. The van der Waals surface area contributed by atoms with Crippen molar-refractivity contribution in [3.05, 3.63) is 52.0 Å². The maximum atomic E-state index is 12.7. The van der Waals surface area contributed by atoms with Gasteiger partial charge in [-0.05, 0) is 18.2 Å². The Bertz CT molecular complexity index is 823. The molecule has 1 aliphatic heterocycles. The monoisotopic (exact) mass is 395 g/mol. The normalized spacial score (nSPS) is 17.2. The molecule has 1 saturated heterocycles. The Hall–Kier alpha value is -2.09. The van der Waals surface area contributed by atoms with E-state index in [-0.39, 0.29) is 24.4 Å². The number of hydrogen-bond donors (Lipinski definition) is 2. The molecule has 0 bridgehead atoms. The number of benzene rings is 1. The number of rotatable bonds is 4. The van der Waals surface area contributed by atoms with E-state index in [1.807, 2.05) is 17.8 Å². The van der Waals surface area contributed by atoms with E-state index in [4.69, 9.17) is 23.2 Å². The van der Waals surface area contributed by atoms with Gasteiger partial charge in [0.2, 0.25) is 5.91 Å². The molecule has 2 heterocycles. The number of carbonyl (C=O) groups excluding carboxylic acids is 2. The quantitative estimate of drug-likeness (QED) is 0.824. The Morgan fingerprint density at radius 3 is 2.85 bits per heavy atom. The van der Waals surface area contributed by atoms with Crippen LogP contribution in [0.2, 0.25) is 10.0 Å². The lowest BCUT2D eigenvalue weighted by atomic mass is 10.1. The Kier molecular flexibility index (Phi) is 5.80. The van der Waals surface area contributed by atoms with Crippen molar-refractivity contribution in [3.8, 4) is 0 Å². The summed E-state index contributed by atoms with van der Waals surface area (Å²) in [6.07, 6.45) is 3.55. The van der Waals surface area contributed by atoms with Gasteiger partial charge in [-0.15, -0.1) is 0 Å². The smallest absolute Gasteiger partial charge is 0.251 e. The van der Waals surface area contributed by atoms with Crippen LogP contribution >= 0.6 is 23.2 Å². The van der Waals surface area contributed by atoms with Crippen LogP contribution in [0.1, 0.15) is 22.2 Å². The number of carbonyl (C=O) groups is 2. The molecule has 0 spiro atoms. The van der Waals surface area contributed by atoms with Gasteiger partial charge in [-0.25, -0.2) is 4.98 Å². The van der Waals surface area contributed by atoms with Gasteiger partial charge in [0.25, 0.3) is 5.91 Å². The molecular formula is C17H19Cl2N5O2. The third kappa shape index (κ3) is 4.00. The van der Waals surface area contributed by atoms with Crippen molar-refractivity contribution in [1.29, 1.82) is 0 Å². The molecule has 26 heavy (non-hydrogen) atoms. The van der Waals surface area contributed by atoms with Gasteiger partial charge in [-0.2, -0.15) is 0 Å². The van der Waals surface area contributed by atoms with E-state index in [9.17, 15) is 9.59 Å². The molecule has 9 heteroatoms. The van der Waals surface area contributed by atoms with Crippen LogP contribution in [0.5, 0.6) is 0 Å². The van der Waals surface area contributed by atoms with Crippen molar-refractivity contribution >= 4 is 35.0 Å². The van der Waals surface area contributed by atoms with Gasteiger partial charge in [0.15, 0.2) is 0 Å². The van der Waals surface area contributed by atoms with E-state index in [0.717, 1.165) is 5.82 Å². The van der Waals surface area contributed by atoms with E-state index < -0.39 is 0 Å². The molecule has 2 aromatic rings. The summed E-state index contributed by atoms with van der Waals surface area (Å²) in [5, 5.41) is 6.59. The molecule has 2 amide bonds. The lowest BCUT2D eigenvalue weighted by Crippen LogP contribution is -2.52. The van der Waals surface area contributed by atoms with E-state index in [1.54, 1.807) is 23.2 Å². The molecule has 0 radical (unpaired) electrons. The number of hydrogen-bond acceptors (Lipinski definition) is 4. The molecule has 3 rings (SSSR count). The van der Waals surface area contributed by atoms with Crippen LogP contribution in [-0.2, 0) is 11.8 Å². The van der Waals surface area contributed by atoms with E-state index in [0.29, 0.717) is 35.2 Å². The van der Waals surface area contributed by atoms with E-state index >= 15 is 0 Å². The van der Waals surface area contributed by atoms with Crippen molar-refractivity contribution in [1.82, 2.24) is 25.1 Å². The third-order valence-electron chi connectivity index (χ3n) is 4.30. The molecule has 1 aromatic heterocycles. The van der Waals surface area contributed by atoms with E-state index in [2.05, 4.69) is 15.6 Å². The van der Waals surface area contributed by atoms with Crippen LogP contribution in [0.3, 0.4) is 0 Å². The molecule has 2 N–H and O–H groups in total. The highest BCUT2D eigenvalue weighted by molar-refractivity contribution is 6.42. The molecule has 1 aromatic carbocycles. The molecule has 138 valence electrons. The van der Waals surface area contributed by atoms with Crippen molar-refractivity contribution in [2.45, 2.75) is 6.04 Å². The first-order valence-corrected chi connectivity index (χ1v) is 8.93. The van der Waals surface area contributed by atoms with Gasteiger partial charge in [-0.1, -0.05) is 23.2 Å². The highest BCUT2D eigenvalue weighted by Gasteiger charge is 2.30. The molecule has 1 atom stereocenters. The molecule has 1 fully saturated rings. The molecule has 1 unspecified atom stereocenters. The average molecular weight is 396 g/mol. The van der Waals surface area contributed by atoms with Crippen LogP contribution in [0.25, 0.3) is 0 Å². The maximum absolute atomic E-state index is 12.7. The van der Waals surface area contributed by atoms with Crippen molar-refractivity contribution in [3.63, 3.8) is 0 Å². The Morgan fingerprint density at radius 1 is 1.35 bits per heavy atom. The van der Waals surface area contributed by atoms with Gasteiger partial charge in [-0.3, -0.25) is 9.59 Å². The maximum Gasteiger partial charge on any atom is 0.251 e. The first-order valence-electron chi connectivity index (χ1n) is 8.18. The number of aryl methyl sites for hydroxylation is 1. The van der Waals surface area contributed by atoms with Gasteiger partial charge in [0.05, 0.1) is 16.6 Å². The number of halogens is 2. The largest absolute Gasteiger partial charge is 0.343 e. The fraction of sp³-hybridized carbons (Fsp3) is 0.353. The fourth-order valence-corrected chi connectivity index (χ4v) is 3.23. The second-order valence-corrected chi connectivity index (χ2v) is 6.83. The lowest BCUT2D eigenvalue weighted by molar-refractivity contribution is -0.133. The van der Waals surface area contributed by atoms with Crippen molar-refractivity contribution < 1.29 is 9.59 Å².